The monoisotopic (exact) mass is 767 g/mol. The van der Waals surface area contributed by atoms with E-state index in [1.54, 1.807) is 36.5 Å². The predicted molar refractivity (Wildman–Crippen MR) is 217 cm³/mol. The van der Waals surface area contributed by atoms with Crippen LogP contribution in [0.4, 0.5) is 5.82 Å². The zero-order valence-electron chi connectivity index (χ0n) is 31.9. The van der Waals surface area contributed by atoms with Crippen molar-refractivity contribution in [2.75, 3.05) is 6.54 Å². The molecule has 10 nitrogen and oxygen atoms in total. The highest BCUT2D eigenvalue weighted by atomic mass is 16.5. The molecule has 0 radical (unpaired) electrons. The molecule has 5 N–H and O–H groups in total. The predicted octanol–water partition coefficient (Wildman–Crippen LogP) is 8.04. The first kappa shape index (κ1) is 38.3. The number of aromatic nitrogens is 2. The van der Waals surface area contributed by atoms with Crippen molar-refractivity contribution in [3.05, 3.63) is 141 Å². The van der Waals surface area contributed by atoms with Crippen molar-refractivity contribution in [3.63, 3.8) is 0 Å². The van der Waals surface area contributed by atoms with Crippen LogP contribution in [0, 0.1) is 5.92 Å². The topological polar surface area (TPSA) is 168 Å². The van der Waals surface area contributed by atoms with Crippen molar-refractivity contribution in [1.29, 1.82) is 0 Å². The molecule has 0 amide bonds. The number of hydrogen-bond acceptors (Lipinski definition) is 7. The van der Waals surface area contributed by atoms with Crippen LogP contribution in [0.5, 0.6) is 17.2 Å². The van der Waals surface area contributed by atoms with E-state index < -0.39 is 24.0 Å². The first-order chi connectivity index (χ1) is 27.7. The number of carbonyl (C=O) groups is 2. The number of aromatic hydroxyl groups is 2. The third-order valence-electron chi connectivity index (χ3n) is 11.8. The Balaban J connectivity index is 1.12. The van der Waals surface area contributed by atoms with Gasteiger partial charge in [0.15, 0.2) is 11.5 Å². The van der Waals surface area contributed by atoms with Crippen molar-refractivity contribution in [1.82, 2.24) is 9.97 Å². The Morgan fingerprint density at radius 3 is 2.58 bits per heavy atom. The minimum absolute atomic E-state index is 0.0387. The van der Waals surface area contributed by atoms with E-state index in [1.165, 1.54) is 0 Å². The molecule has 1 fully saturated rings. The number of aryl methyl sites for hydroxylation is 2. The molecule has 3 aliphatic rings. The Morgan fingerprint density at radius 2 is 1.74 bits per heavy atom. The lowest BCUT2D eigenvalue weighted by molar-refractivity contribution is -0.129. The van der Waals surface area contributed by atoms with Gasteiger partial charge in [-0.25, -0.2) is 0 Å². The Labute approximate surface area is 332 Å². The number of phenols is 2. The average molecular weight is 768 g/mol. The number of nitrogens with zero attached hydrogens (tertiary/aromatic N) is 2. The van der Waals surface area contributed by atoms with E-state index in [4.69, 9.17) is 10.1 Å². The van der Waals surface area contributed by atoms with E-state index in [2.05, 4.69) is 9.97 Å². The number of aromatic amines is 1. The summed E-state index contributed by atoms with van der Waals surface area (Å²) in [7, 11) is 0. The van der Waals surface area contributed by atoms with Gasteiger partial charge in [0.05, 0.1) is 18.6 Å². The van der Waals surface area contributed by atoms with Crippen LogP contribution in [-0.4, -0.2) is 55.7 Å². The van der Waals surface area contributed by atoms with E-state index in [9.17, 15) is 30.0 Å². The van der Waals surface area contributed by atoms with Crippen molar-refractivity contribution in [3.8, 4) is 17.2 Å². The molecule has 2 aliphatic carbocycles. The second kappa shape index (κ2) is 16.9. The third kappa shape index (κ3) is 8.72. The van der Waals surface area contributed by atoms with Gasteiger partial charge in [0.25, 0.3) is 0 Å². The molecule has 2 aromatic heterocycles. The number of Topliss-reactive ketones (excluding diaryl/α,β-unsaturated/α-hetero) is 2. The zero-order valence-corrected chi connectivity index (χ0v) is 31.9. The van der Waals surface area contributed by atoms with Gasteiger partial charge in [-0.1, -0.05) is 77.8 Å². The van der Waals surface area contributed by atoms with Gasteiger partial charge in [-0.3, -0.25) is 9.59 Å². The summed E-state index contributed by atoms with van der Waals surface area (Å²) < 4.78 is 6.31. The summed E-state index contributed by atoms with van der Waals surface area (Å²) in [5, 5.41) is 49.6. The van der Waals surface area contributed by atoms with Gasteiger partial charge in [-0.15, -0.1) is 5.69 Å². The molecule has 0 saturated heterocycles. The highest BCUT2D eigenvalue weighted by Crippen LogP contribution is 2.44. The average Bonchev–Trinajstić information content (AvgIpc) is 3.99. The van der Waals surface area contributed by atoms with Crippen molar-refractivity contribution in [2.45, 2.75) is 94.9 Å². The molecule has 4 unspecified atom stereocenters. The number of fused-ring (bicyclic) bond motifs is 7. The number of carbonyl (C=O) groups excluding carboxylic acids is 2. The number of ketones is 2. The van der Waals surface area contributed by atoms with Crippen LogP contribution < -0.4 is 9.72 Å². The molecular formula is C47H49N3O7-2. The van der Waals surface area contributed by atoms with Gasteiger partial charge < -0.3 is 40.4 Å². The summed E-state index contributed by atoms with van der Waals surface area (Å²) >= 11 is 0. The molecular weight excluding hydrogens is 719 g/mol. The molecule has 1 saturated carbocycles. The fourth-order valence-corrected chi connectivity index (χ4v) is 8.91. The number of H-pyrrole nitrogens is 1. The number of rotatable bonds is 7. The van der Waals surface area contributed by atoms with Crippen LogP contribution in [0.2, 0.25) is 0 Å². The van der Waals surface area contributed by atoms with Gasteiger partial charge in [0.1, 0.15) is 23.4 Å². The first-order valence-electron chi connectivity index (χ1n) is 20.1. The lowest BCUT2D eigenvalue weighted by Crippen LogP contribution is -2.32. The van der Waals surface area contributed by atoms with E-state index in [0.29, 0.717) is 48.4 Å². The standard InChI is InChI=1S/C47H49N3O7/c51-34-8-4-5-28(21-34)11-13-35(52)25-39-38-16-18-48-41(38)24-33-27-50-47-32(15-17-49-47)20-29-6-3-7-31(19-29)45(55)40-22-30(12-14-36(53)26-42(54)44(33)39)23-43(46(40)56)57-37-9-1-2-10-37/h3-8,15-19,21-24,35,37,39,44-45,49,51-52,55-56H,1-2,9-14,20,25-27H2/q-2. The SMILES string of the molecule is O=C1CCc2cc(OC3CCCC3)c(O)c(c2)C(O)c2cccc(c2)Cc2cc[nH]c2[N-]CC2=Cc3[n-]ccc3C(CC(O)CCc3cccc(O)c3)C2C(=O)C1. The lowest BCUT2D eigenvalue weighted by Gasteiger charge is -2.37. The Morgan fingerprint density at radius 1 is 0.895 bits per heavy atom. The molecule has 0 spiro atoms. The molecule has 10 heteroatoms. The van der Waals surface area contributed by atoms with Crippen LogP contribution in [-0.2, 0) is 28.9 Å². The Bertz CT molecular complexity index is 2260. The molecule has 8 rings (SSSR count). The highest BCUT2D eigenvalue weighted by Gasteiger charge is 2.37. The highest BCUT2D eigenvalue weighted by molar-refractivity contribution is 6.02. The molecule has 5 aromatic rings. The summed E-state index contributed by atoms with van der Waals surface area (Å²) in [6, 6.07) is 22.0. The minimum Gasteiger partial charge on any atom is -0.664 e. The van der Waals surface area contributed by atoms with Crippen molar-refractivity contribution >= 4 is 23.5 Å². The van der Waals surface area contributed by atoms with Gasteiger partial charge in [-0.2, -0.15) is 6.20 Å². The van der Waals surface area contributed by atoms with Crippen LogP contribution in [0.3, 0.4) is 0 Å². The van der Waals surface area contributed by atoms with Crippen LogP contribution >= 0.6 is 0 Å². The van der Waals surface area contributed by atoms with Gasteiger partial charge in [0.2, 0.25) is 0 Å². The molecule has 4 bridgehead atoms. The Hall–Kier alpha value is -5.58. The molecule has 57 heavy (non-hydrogen) atoms. The van der Waals surface area contributed by atoms with E-state index in [-0.39, 0.29) is 55.0 Å². The Kier molecular flexibility index (Phi) is 11.3. The maximum Gasteiger partial charge on any atom is 0.163 e. The van der Waals surface area contributed by atoms with Gasteiger partial charge in [-0.05, 0) is 122 Å². The molecule has 296 valence electrons. The van der Waals surface area contributed by atoms with Crippen LogP contribution in [0.1, 0.15) is 108 Å². The number of benzene rings is 3. The zero-order chi connectivity index (χ0) is 39.5. The number of aliphatic hydroxyl groups excluding tert-OH is 2. The van der Waals surface area contributed by atoms with Crippen LogP contribution in [0.25, 0.3) is 11.4 Å². The van der Waals surface area contributed by atoms with Gasteiger partial charge >= 0.3 is 0 Å². The fraction of sp³-hybridized carbons (Fsp3) is 0.362. The van der Waals surface area contributed by atoms with Crippen LogP contribution in [0.15, 0.2) is 90.8 Å². The number of aliphatic hydroxyl groups is 2. The van der Waals surface area contributed by atoms with Crippen molar-refractivity contribution < 1.29 is 34.8 Å². The maximum absolute atomic E-state index is 14.5. The van der Waals surface area contributed by atoms with Crippen molar-refractivity contribution in [2.24, 2.45) is 5.92 Å². The normalized spacial score (nSPS) is 20.9. The quantitative estimate of drug-likeness (QED) is 0.104. The van der Waals surface area contributed by atoms with E-state index in [1.807, 2.05) is 54.7 Å². The van der Waals surface area contributed by atoms with Gasteiger partial charge in [0, 0.05) is 17.9 Å². The largest absolute Gasteiger partial charge is 0.664 e. The fourth-order valence-electron chi connectivity index (χ4n) is 8.91. The summed E-state index contributed by atoms with van der Waals surface area (Å²) in [4.78, 5) is 36.2. The molecule has 3 aromatic carbocycles. The number of ether oxygens (including phenoxy) is 1. The first-order valence-corrected chi connectivity index (χ1v) is 20.1. The summed E-state index contributed by atoms with van der Waals surface area (Å²) in [6.07, 6.45) is 9.22. The van der Waals surface area contributed by atoms with E-state index >= 15 is 0 Å². The maximum atomic E-state index is 14.5. The van der Waals surface area contributed by atoms with E-state index in [0.717, 1.165) is 64.8 Å². The molecule has 3 heterocycles. The number of hydrogen-bond donors (Lipinski definition) is 5. The lowest BCUT2D eigenvalue weighted by atomic mass is 9.71. The summed E-state index contributed by atoms with van der Waals surface area (Å²) in [5.74, 6) is -0.580. The smallest absolute Gasteiger partial charge is 0.163 e. The number of phenolic OH excluding ortho intramolecular Hbond substituents is 2. The summed E-state index contributed by atoms with van der Waals surface area (Å²) in [6.45, 7) is 0.188. The molecule has 1 aliphatic heterocycles. The minimum atomic E-state index is -1.15. The third-order valence-corrected chi connectivity index (χ3v) is 11.8. The second-order valence-electron chi connectivity index (χ2n) is 15.9. The summed E-state index contributed by atoms with van der Waals surface area (Å²) in [5.41, 5.74) is 6.76. The molecule has 4 atom stereocenters. The number of nitrogens with one attached hydrogen (secondary N) is 1. The second-order valence-corrected chi connectivity index (χ2v) is 15.9.